The minimum atomic E-state index is -0.403. The number of rotatable bonds is 8. The fourth-order valence-corrected chi connectivity index (χ4v) is 2.38. The average molecular weight is 308 g/mol. The van der Waals surface area contributed by atoms with Crippen LogP contribution in [0.15, 0.2) is 40.3 Å². The lowest BCUT2D eigenvalue weighted by Gasteiger charge is -2.05. The highest BCUT2D eigenvalue weighted by Gasteiger charge is 2.08. The maximum Gasteiger partial charge on any atom is 0.313 e. The van der Waals surface area contributed by atoms with Gasteiger partial charge in [0.25, 0.3) is 0 Å². The smallest absolute Gasteiger partial charge is 0.313 e. The summed E-state index contributed by atoms with van der Waals surface area (Å²) >= 11 is 1.61. The zero-order chi connectivity index (χ0) is 14.9. The maximum absolute atomic E-state index is 11.5. The fourth-order valence-electron chi connectivity index (χ4n) is 1.67. The number of hydrogen-bond donors (Lipinski definition) is 0. The molecule has 21 heavy (non-hydrogen) atoms. The molecule has 2 heterocycles. The summed E-state index contributed by atoms with van der Waals surface area (Å²) in [6, 6.07) is 7.34. The molecule has 0 N–H and O–H groups in total. The third-order valence-corrected chi connectivity index (χ3v) is 3.60. The Bertz CT molecular complexity index is 545. The Morgan fingerprint density at radius 2 is 1.90 bits per heavy atom. The Morgan fingerprint density at radius 3 is 2.57 bits per heavy atom. The Morgan fingerprint density at radius 1 is 1.10 bits per heavy atom. The number of carbonyl (C=O) groups is 2. The van der Waals surface area contributed by atoms with Gasteiger partial charge in [-0.05, 0) is 30.0 Å². The zero-order valence-corrected chi connectivity index (χ0v) is 12.3. The molecule has 0 aromatic carbocycles. The first kappa shape index (κ1) is 15.3. The van der Waals surface area contributed by atoms with E-state index in [1.807, 2.05) is 17.5 Å². The summed E-state index contributed by atoms with van der Waals surface area (Å²) in [4.78, 5) is 24.0. The van der Waals surface area contributed by atoms with Gasteiger partial charge in [-0.15, -0.1) is 11.3 Å². The SMILES string of the molecule is O=C(CCc1cccs1)OCCOC(=O)Cc1ccco1. The Hall–Kier alpha value is -2.08. The molecule has 6 heteroatoms. The molecular formula is C15H16O5S. The number of aryl methyl sites for hydroxylation is 1. The van der Waals surface area contributed by atoms with E-state index in [1.54, 1.807) is 23.5 Å². The van der Waals surface area contributed by atoms with Crippen LogP contribution in [0.5, 0.6) is 0 Å². The monoisotopic (exact) mass is 308 g/mol. The van der Waals surface area contributed by atoms with E-state index in [1.165, 1.54) is 6.26 Å². The van der Waals surface area contributed by atoms with Gasteiger partial charge in [-0.1, -0.05) is 6.07 Å². The minimum Gasteiger partial charge on any atom is -0.469 e. The average Bonchev–Trinajstić information content (AvgIpc) is 3.14. The van der Waals surface area contributed by atoms with Gasteiger partial charge in [-0.25, -0.2) is 0 Å². The summed E-state index contributed by atoms with van der Waals surface area (Å²) in [5.74, 6) is -0.141. The molecule has 0 bridgehead atoms. The molecule has 0 amide bonds. The highest BCUT2D eigenvalue weighted by Crippen LogP contribution is 2.11. The molecule has 0 spiro atoms. The summed E-state index contributed by atoms with van der Waals surface area (Å²) in [5, 5.41) is 1.97. The number of thiophene rings is 1. The van der Waals surface area contributed by atoms with Crippen molar-refractivity contribution in [2.24, 2.45) is 0 Å². The number of esters is 2. The van der Waals surface area contributed by atoms with Crippen LogP contribution in [0.4, 0.5) is 0 Å². The Labute approximate surface area is 126 Å². The van der Waals surface area contributed by atoms with E-state index in [9.17, 15) is 9.59 Å². The molecule has 0 saturated heterocycles. The fraction of sp³-hybridized carbons (Fsp3) is 0.333. The summed E-state index contributed by atoms with van der Waals surface area (Å²) < 4.78 is 15.0. The molecule has 2 aromatic heterocycles. The number of hydrogen-bond acceptors (Lipinski definition) is 6. The summed E-state index contributed by atoms with van der Waals surface area (Å²) in [5.41, 5.74) is 0. The van der Waals surface area contributed by atoms with Crippen LogP contribution in [0, 0.1) is 0 Å². The third-order valence-electron chi connectivity index (χ3n) is 2.66. The highest BCUT2D eigenvalue weighted by molar-refractivity contribution is 7.09. The van der Waals surface area contributed by atoms with Crippen molar-refractivity contribution >= 4 is 23.3 Å². The molecule has 112 valence electrons. The Balaban J connectivity index is 1.52. The van der Waals surface area contributed by atoms with Gasteiger partial charge in [-0.2, -0.15) is 0 Å². The second kappa shape index (κ2) is 8.26. The first-order valence-electron chi connectivity index (χ1n) is 6.60. The largest absolute Gasteiger partial charge is 0.469 e. The zero-order valence-electron chi connectivity index (χ0n) is 11.4. The van der Waals surface area contributed by atoms with E-state index in [-0.39, 0.29) is 25.6 Å². The molecule has 0 unspecified atom stereocenters. The van der Waals surface area contributed by atoms with Crippen molar-refractivity contribution in [1.29, 1.82) is 0 Å². The standard InChI is InChI=1S/C15H16O5S/c16-14(6-5-13-4-2-10-21-13)19-8-9-20-15(17)11-12-3-1-7-18-12/h1-4,7,10H,5-6,8-9,11H2. The lowest BCUT2D eigenvalue weighted by atomic mass is 10.3. The molecule has 0 saturated carbocycles. The van der Waals surface area contributed by atoms with Gasteiger partial charge < -0.3 is 13.9 Å². The molecule has 0 aliphatic heterocycles. The lowest BCUT2D eigenvalue weighted by Crippen LogP contribution is -2.15. The van der Waals surface area contributed by atoms with Crippen LogP contribution in [0.2, 0.25) is 0 Å². The molecule has 2 aromatic rings. The number of furan rings is 1. The molecule has 0 radical (unpaired) electrons. The van der Waals surface area contributed by atoms with Crippen LogP contribution in [0.1, 0.15) is 17.1 Å². The minimum absolute atomic E-state index is 0.0598. The predicted molar refractivity (Wildman–Crippen MR) is 77.0 cm³/mol. The van der Waals surface area contributed by atoms with E-state index >= 15 is 0 Å². The molecule has 2 rings (SSSR count). The van der Waals surface area contributed by atoms with Crippen LogP contribution in [-0.4, -0.2) is 25.2 Å². The number of carbonyl (C=O) groups excluding carboxylic acids is 2. The van der Waals surface area contributed by atoms with E-state index in [0.29, 0.717) is 18.6 Å². The molecule has 0 fully saturated rings. The van der Waals surface area contributed by atoms with Crippen molar-refractivity contribution < 1.29 is 23.5 Å². The lowest BCUT2D eigenvalue weighted by molar-refractivity contribution is -0.152. The Kier molecular flexibility index (Phi) is 6.02. The normalized spacial score (nSPS) is 10.3. The quantitative estimate of drug-likeness (QED) is 0.554. The summed E-state index contributed by atoms with van der Waals surface area (Å²) in [6.07, 6.45) is 2.59. The van der Waals surface area contributed by atoms with Gasteiger partial charge in [0.05, 0.1) is 12.7 Å². The van der Waals surface area contributed by atoms with Crippen molar-refractivity contribution in [3.05, 3.63) is 46.5 Å². The first-order valence-corrected chi connectivity index (χ1v) is 7.48. The van der Waals surface area contributed by atoms with E-state index in [2.05, 4.69) is 0 Å². The molecule has 5 nitrogen and oxygen atoms in total. The van der Waals surface area contributed by atoms with Crippen molar-refractivity contribution in [3.63, 3.8) is 0 Å². The topological polar surface area (TPSA) is 65.7 Å². The van der Waals surface area contributed by atoms with Gasteiger partial charge in [0, 0.05) is 4.88 Å². The van der Waals surface area contributed by atoms with Gasteiger partial charge in [-0.3, -0.25) is 9.59 Å². The van der Waals surface area contributed by atoms with Gasteiger partial charge in [0.2, 0.25) is 0 Å². The van der Waals surface area contributed by atoms with E-state index < -0.39 is 5.97 Å². The van der Waals surface area contributed by atoms with Crippen molar-refractivity contribution in [2.45, 2.75) is 19.3 Å². The van der Waals surface area contributed by atoms with Crippen LogP contribution in [0.3, 0.4) is 0 Å². The summed E-state index contributed by atoms with van der Waals surface area (Å²) in [6.45, 7) is 0.136. The van der Waals surface area contributed by atoms with E-state index in [4.69, 9.17) is 13.9 Å². The molecule has 0 atom stereocenters. The van der Waals surface area contributed by atoms with Crippen LogP contribution in [-0.2, 0) is 31.9 Å². The summed E-state index contributed by atoms with van der Waals surface area (Å²) in [7, 11) is 0. The van der Waals surface area contributed by atoms with Gasteiger partial charge in [0.1, 0.15) is 25.4 Å². The number of ether oxygens (including phenoxy) is 2. The maximum atomic E-state index is 11.5. The molecule has 0 aliphatic rings. The second-order valence-electron chi connectivity index (χ2n) is 4.28. The van der Waals surface area contributed by atoms with Gasteiger partial charge in [0.15, 0.2) is 0 Å². The first-order chi connectivity index (χ1) is 10.2. The second-order valence-corrected chi connectivity index (χ2v) is 5.31. The van der Waals surface area contributed by atoms with Crippen molar-refractivity contribution in [2.75, 3.05) is 13.2 Å². The highest BCUT2D eigenvalue weighted by atomic mass is 32.1. The van der Waals surface area contributed by atoms with Crippen LogP contribution in [0.25, 0.3) is 0 Å². The van der Waals surface area contributed by atoms with Gasteiger partial charge >= 0.3 is 11.9 Å². The third kappa shape index (κ3) is 5.83. The van der Waals surface area contributed by atoms with Crippen molar-refractivity contribution in [1.82, 2.24) is 0 Å². The molecular weight excluding hydrogens is 292 g/mol. The molecule has 0 aliphatic carbocycles. The van der Waals surface area contributed by atoms with Crippen LogP contribution < -0.4 is 0 Å². The van der Waals surface area contributed by atoms with Crippen molar-refractivity contribution in [3.8, 4) is 0 Å². The predicted octanol–water partition coefficient (Wildman–Crippen LogP) is 2.60. The van der Waals surface area contributed by atoms with E-state index in [0.717, 1.165) is 4.88 Å². The van der Waals surface area contributed by atoms with Crippen LogP contribution >= 0.6 is 11.3 Å².